The van der Waals surface area contributed by atoms with Crippen LogP contribution in [0.4, 0.5) is 0 Å². The van der Waals surface area contributed by atoms with Crippen LogP contribution in [-0.2, 0) is 0 Å². The first kappa shape index (κ1) is 13.2. The number of thiophene rings is 1. The average Bonchev–Trinajstić information content (AvgIpc) is 2.92. The van der Waals surface area contributed by atoms with Crippen LogP contribution in [0.15, 0.2) is 54.6 Å². The normalized spacial score (nSPS) is 12.5. The molecule has 1 N–H and O–H groups in total. The lowest BCUT2D eigenvalue weighted by molar-refractivity contribution is 0.414. The van der Waals surface area contributed by atoms with E-state index in [2.05, 4.69) is 47.8 Å². The van der Waals surface area contributed by atoms with Gasteiger partial charge in [-0.1, -0.05) is 30.3 Å². The minimum Gasteiger partial charge on any atom is -0.497 e. The van der Waals surface area contributed by atoms with Crippen molar-refractivity contribution in [1.29, 1.82) is 0 Å². The predicted octanol–water partition coefficient (Wildman–Crippen LogP) is 4.22. The number of hydrogen-bond donors (Lipinski definition) is 1. The van der Waals surface area contributed by atoms with Gasteiger partial charge in [-0.2, -0.15) is 0 Å². The minimum absolute atomic E-state index is 0.221. The number of benzene rings is 2. The standard InChI is InChI=1S/C17H17NOS/c1-18-17(12-7-9-14(19-2)10-8-12)16-11-13-5-3-4-6-15(13)20-16/h3-11,17-18H,1-2H3. The van der Waals surface area contributed by atoms with E-state index in [0.29, 0.717) is 0 Å². The number of ether oxygens (including phenoxy) is 1. The highest BCUT2D eigenvalue weighted by Gasteiger charge is 2.14. The van der Waals surface area contributed by atoms with Crippen molar-refractivity contribution in [1.82, 2.24) is 5.32 Å². The van der Waals surface area contributed by atoms with Crippen LogP contribution in [0.1, 0.15) is 16.5 Å². The molecule has 1 aromatic heterocycles. The zero-order valence-corrected chi connectivity index (χ0v) is 12.4. The third-order valence-electron chi connectivity index (χ3n) is 3.47. The second-order valence-electron chi connectivity index (χ2n) is 4.68. The second-order valence-corrected chi connectivity index (χ2v) is 5.80. The molecule has 2 nitrogen and oxygen atoms in total. The lowest BCUT2D eigenvalue weighted by Crippen LogP contribution is -2.16. The Bertz CT molecular complexity index is 669. The first-order chi connectivity index (χ1) is 9.81. The minimum atomic E-state index is 0.221. The zero-order valence-electron chi connectivity index (χ0n) is 11.6. The maximum Gasteiger partial charge on any atom is 0.118 e. The summed E-state index contributed by atoms with van der Waals surface area (Å²) in [6.45, 7) is 0. The molecule has 3 rings (SSSR count). The van der Waals surface area contributed by atoms with Crippen LogP contribution in [0.2, 0.25) is 0 Å². The molecule has 0 bridgehead atoms. The Morgan fingerprint density at radius 2 is 1.80 bits per heavy atom. The van der Waals surface area contributed by atoms with Crippen molar-refractivity contribution in [2.75, 3.05) is 14.2 Å². The average molecular weight is 283 g/mol. The molecule has 0 fully saturated rings. The Morgan fingerprint density at radius 3 is 2.45 bits per heavy atom. The second kappa shape index (κ2) is 5.65. The largest absolute Gasteiger partial charge is 0.497 e. The number of hydrogen-bond acceptors (Lipinski definition) is 3. The van der Waals surface area contributed by atoms with Gasteiger partial charge in [-0.15, -0.1) is 11.3 Å². The summed E-state index contributed by atoms with van der Waals surface area (Å²) in [5.41, 5.74) is 1.25. The molecule has 1 unspecified atom stereocenters. The van der Waals surface area contributed by atoms with E-state index in [-0.39, 0.29) is 6.04 Å². The molecule has 0 saturated carbocycles. The molecule has 0 aliphatic rings. The third kappa shape index (κ3) is 2.42. The van der Waals surface area contributed by atoms with Gasteiger partial charge in [0.15, 0.2) is 0 Å². The van der Waals surface area contributed by atoms with Crippen molar-refractivity contribution in [3.63, 3.8) is 0 Å². The highest BCUT2D eigenvalue weighted by molar-refractivity contribution is 7.19. The van der Waals surface area contributed by atoms with Crippen LogP contribution in [0.5, 0.6) is 5.75 Å². The molecular formula is C17H17NOS. The van der Waals surface area contributed by atoms with E-state index in [1.807, 2.05) is 30.5 Å². The fraction of sp³-hybridized carbons (Fsp3) is 0.176. The Balaban J connectivity index is 1.99. The van der Waals surface area contributed by atoms with Gasteiger partial charge in [-0.25, -0.2) is 0 Å². The first-order valence-corrected chi connectivity index (χ1v) is 7.43. The Hall–Kier alpha value is -1.84. The summed E-state index contributed by atoms with van der Waals surface area (Å²) in [7, 11) is 3.69. The number of methoxy groups -OCH3 is 1. The van der Waals surface area contributed by atoms with Crippen LogP contribution in [0.3, 0.4) is 0 Å². The van der Waals surface area contributed by atoms with Crippen molar-refractivity contribution < 1.29 is 4.74 Å². The van der Waals surface area contributed by atoms with Gasteiger partial charge >= 0.3 is 0 Å². The molecule has 0 aliphatic heterocycles. The SMILES string of the molecule is CNC(c1ccc(OC)cc1)c1cc2ccccc2s1. The van der Waals surface area contributed by atoms with Gasteiger partial charge in [-0.3, -0.25) is 0 Å². The highest BCUT2D eigenvalue weighted by atomic mass is 32.1. The maximum absolute atomic E-state index is 5.22. The van der Waals surface area contributed by atoms with Crippen molar-refractivity contribution in [2.24, 2.45) is 0 Å². The number of rotatable bonds is 4. The Morgan fingerprint density at radius 1 is 1.05 bits per heavy atom. The van der Waals surface area contributed by atoms with Crippen LogP contribution < -0.4 is 10.1 Å². The van der Waals surface area contributed by atoms with Crippen LogP contribution in [0.25, 0.3) is 10.1 Å². The van der Waals surface area contributed by atoms with Crippen molar-refractivity contribution >= 4 is 21.4 Å². The summed E-state index contributed by atoms with van der Waals surface area (Å²) in [5, 5.41) is 4.71. The highest BCUT2D eigenvalue weighted by Crippen LogP contribution is 2.33. The topological polar surface area (TPSA) is 21.3 Å². The van der Waals surface area contributed by atoms with Gasteiger partial charge in [0.2, 0.25) is 0 Å². The molecule has 0 aliphatic carbocycles. The van der Waals surface area contributed by atoms with Gasteiger partial charge in [0.05, 0.1) is 13.2 Å². The molecule has 20 heavy (non-hydrogen) atoms. The van der Waals surface area contributed by atoms with Crippen molar-refractivity contribution in [3.05, 3.63) is 65.0 Å². The number of nitrogens with one attached hydrogen (secondary N) is 1. The van der Waals surface area contributed by atoms with Crippen molar-refractivity contribution in [2.45, 2.75) is 6.04 Å². The number of fused-ring (bicyclic) bond motifs is 1. The van der Waals surface area contributed by atoms with Gasteiger partial charge in [0.25, 0.3) is 0 Å². The van der Waals surface area contributed by atoms with E-state index < -0.39 is 0 Å². The van der Waals surface area contributed by atoms with Gasteiger partial charge in [0, 0.05) is 9.58 Å². The predicted molar refractivity (Wildman–Crippen MR) is 85.7 cm³/mol. The molecule has 3 aromatic rings. The fourth-order valence-corrected chi connectivity index (χ4v) is 3.62. The molecule has 102 valence electrons. The van der Waals surface area contributed by atoms with Crippen LogP contribution in [-0.4, -0.2) is 14.2 Å². The fourth-order valence-electron chi connectivity index (χ4n) is 2.41. The third-order valence-corrected chi connectivity index (χ3v) is 4.65. The molecule has 0 amide bonds. The molecule has 1 heterocycles. The van der Waals surface area contributed by atoms with Gasteiger partial charge in [0.1, 0.15) is 5.75 Å². The smallest absolute Gasteiger partial charge is 0.118 e. The van der Waals surface area contributed by atoms with Gasteiger partial charge < -0.3 is 10.1 Å². The summed E-state index contributed by atoms with van der Waals surface area (Å²) in [5.74, 6) is 0.889. The molecule has 0 saturated heterocycles. The quantitative estimate of drug-likeness (QED) is 0.774. The molecule has 3 heteroatoms. The summed E-state index contributed by atoms with van der Waals surface area (Å²) in [4.78, 5) is 1.33. The maximum atomic E-state index is 5.22. The summed E-state index contributed by atoms with van der Waals surface area (Å²) < 4.78 is 6.55. The lowest BCUT2D eigenvalue weighted by Gasteiger charge is -2.15. The van der Waals surface area contributed by atoms with Crippen molar-refractivity contribution in [3.8, 4) is 5.75 Å². The molecule has 0 radical (unpaired) electrons. The summed E-state index contributed by atoms with van der Waals surface area (Å²) in [6.07, 6.45) is 0. The molecule has 2 aromatic carbocycles. The van der Waals surface area contributed by atoms with Crippen LogP contribution >= 0.6 is 11.3 Å². The van der Waals surface area contributed by atoms with E-state index in [0.717, 1.165) is 5.75 Å². The summed E-state index contributed by atoms with van der Waals surface area (Å²) >= 11 is 1.84. The van der Waals surface area contributed by atoms with Gasteiger partial charge in [-0.05, 0) is 42.3 Å². The van der Waals surface area contributed by atoms with E-state index in [1.54, 1.807) is 7.11 Å². The van der Waals surface area contributed by atoms with Crippen LogP contribution in [0, 0.1) is 0 Å². The van der Waals surface area contributed by atoms with E-state index in [4.69, 9.17) is 4.74 Å². The molecular weight excluding hydrogens is 266 g/mol. The Labute approximate surface area is 123 Å². The Kier molecular flexibility index (Phi) is 3.72. The van der Waals surface area contributed by atoms with E-state index in [9.17, 15) is 0 Å². The molecule has 0 spiro atoms. The zero-order chi connectivity index (χ0) is 13.9. The van der Waals surface area contributed by atoms with E-state index >= 15 is 0 Å². The molecule has 1 atom stereocenters. The summed E-state index contributed by atoms with van der Waals surface area (Å²) in [6, 6.07) is 19.2. The first-order valence-electron chi connectivity index (χ1n) is 6.61. The monoisotopic (exact) mass is 283 g/mol. The van der Waals surface area contributed by atoms with E-state index in [1.165, 1.54) is 20.5 Å². The lowest BCUT2D eigenvalue weighted by atomic mass is 10.0.